The molecule has 0 atom stereocenters. The lowest BCUT2D eigenvalue weighted by Crippen LogP contribution is -1.93. The van der Waals surface area contributed by atoms with E-state index in [4.69, 9.17) is 16.3 Å². The second kappa shape index (κ2) is 6.58. The third-order valence-electron chi connectivity index (χ3n) is 3.29. The normalized spacial score (nSPS) is 10.5. The number of nitrogens with zero attached hydrogens (tertiary/aromatic N) is 2. The number of rotatable bonds is 4. The average Bonchev–Trinajstić information content (AvgIpc) is 2.57. The van der Waals surface area contributed by atoms with Gasteiger partial charge in [-0.1, -0.05) is 54.1 Å². The number of benzene rings is 2. The molecule has 110 valence electrons. The molecule has 1 aromatic heterocycles. The van der Waals surface area contributed by atoms with Crippen molar-refractivity contribution in [3.8, 4) is 28.1 Å². The molecule has 0 saturated heterocycles. The Bertz CT molecular complexity index is 758. The molecule has 4 heteroatoms. The van der Waals surface area contributed by atoms with Crippen molar-refractivity contribution in [3.63, 3.8) is 0 Å². The predicted molar refractivity (Wildman–Crippen MR) is 89.1 cm³/mol. The molecule has 0 saturated carbocycles. The number of hydrogen-bond donors (Lipinski definition) is 0. The van der Waals surface area contributed by atoms with Gasteiger partial charge in [0.05, 0.1) is 12.3 Å². The Morgan fingerprint density at radius 3 is 2.32 bits per heavy atom. The van der Waals surface area contributed by atoms with Gasteiger partial charge in [-0.15, -0.1) is 10.2 Å². The highest BCUT2D eigenvalue weighted by molar-refractivity contribution is 6.32. The predicted octanol–water partition coefficient (Wildman–Crippen LogP) is 4.86. The molecule has 3 nitrogen and oxygen atoms in total. The summed E-state index contributed by atoms with van der Waals surface area (Å²) in [6.07, 6.45) is 0. The lowest BCUT2D eigenvalue weighted by Gasteiger charge is -2.08. The first kappa shape index (κ1) is 14.5. The molecule has 2 aromatic carbocycles. The highest BCUT2D eigenvalue weighted by Gasteiger charge is 2.09. The summed E-state index contributed by atoms with van der Waals surface area (Å²) in [6.45, 7) is 2.61. The Balaban J connectivity index is 1.99. The number of hydrogen-bond acceptors (Lipinski definition) is 3. The van der Waals surface area contributed by atoms with Gasteiger partial charge < -0.3 is 4.74 Å². The molecule has 0 bridgehead atoms. The molecular formula is C18H15ClN2O. The first-order valence-electron chi connectivity index (χ1n) is 7.10. The summed E-state index contributed by atoms with van der Waals surface area (Å²) in [5.74, 6) is 0.840. The van der Waals surface area contributed by atoms with Crippen LogP contribution in [0.2, 0.25) is 5.15 Å². The zero-order valence-electron chi connectivity index (χ0n) is 12.2. The first-order valence-corrected chi connectivity index (χ1v) is 7.47. The molecule has 0 aliphatic carbocycles. The Hall–Kier alpha value is -2.39. The van der Waals surface area contributed by atoms with Gasteiger partial charge in [0, 0.05) is 11.1 Å². The highest BCUT2D eigenvalue weighted by Crippen LogP contribution is 2.30. The largest absolute Gasteiger partial charge is 0.494 e. The molecule has 0 spiro atoms. The van der Waals surface area contributed by atoms with Gasteiger partial charge in [-0.05, 0) is 30.7 Å². The molecule has 0 N–H and O–H groups in total. The molecule has 3 rings (SSSR count). The summed E-state index contributed by atoms with van der Waals surface area (Å²) < 4.78 is 5.46. The van der Waals surface area contributed by atoms with E-state index in [1.807, 2.05) is 67.6 Å². The van der Waals surface area contributed by atoms with Crippen LogP contribution in [-0.2, 0) is 0 Å². The maximum Gasteiger partial charge on any atom is 0.159 e. The van der Waals surface area contributed by atoms with Crippen molar-refractivity contribution in [1.82, 2.24) is 10.2 Å². The van der Waals surface area contributed by atoms with Crippen LogP contribution in [0.5, 0.6) is 5.75 Å². The summed E-state index contributed by atoms with van der Waals surface area (Å²) in [6, 6.07) is 19.7. The Kier molecular flexibility index (Phi) is 4.35. The van der Waals surface area contributed by atoms with Crippen LogP contribution in [0.3, 0.4) is 0 Å². The van der Waals surface area contributed by atoms with Crippen molar-refractivity contribution in [2.24, 2.45) is 0 Å². The highest BCUT2D eigenvalue weighted by atomic mass is 35.5. The second-order valence-electron chi connectivity index (χ2n) is 4.76. The SMILES string of the molecule is CCOc1ccc(-c2cc(-c3ccccc3)nnc2Cl)cc1. The van der Waals surface area contributed by atoms with Gasteiger partial charge in [0.2, 0.25) is 0 Å². The van der Waals surface area contributed by atoms with E-state index in [9.17, 15) is 0 Å². The standard InChI is InChI=1S/C18H15ClN2O/c1-2-22-15-10-8-13(9-11-15)16-12-17(20-21-18(16)19)14-6-4-3-5-7-14/h3-12H,2H2,1H3. The molecular weight excluding hydrogens is 296 g/mol. The van der Waals surface area contributed by atoms with Gasteiger partial charge in [0.25, 0.3) is 0 Å². The van der Waals surface area contributed by atoms with Crippen molar-refractivity contribution in [2.75, 3.05) is 6.61 Å². The summed E-state index contributed by atoms with van der Waals surface area (Å²) in [5, 5.41) is 8.64. The smallest absolute Gasteiger partial charge is 0.159 e. The third kappa shape index (κ3) is 3.10. The third-order valence-corrected chi connectivity index (χ3v) is 3.57. The summed E-state index contributed by atoms with van der Waals surface area (Å²) in [5.41, 5.74) is 3.66. The molecule has 0 amide bonds. The summed E-state index contributed by atoms with van der Waals surface area (Å²) in [7, 11) is 0. The molecule has 3 aromatic rings. The van der Waals surface area contributed by atoms with Gasteiger partial charge in [-0.3, -0.25) is 0 Å². The molecule has 0 fully saturated rings. The van der Waals surface area contributed by atoms with E-state index in [1.54, 1.807) is 0 Å². The molecule has 0 aliphatic rings. The van der Waals surface area contributed by atoms with Crippen LogP contribution in [0.1, 0.15) is 6.92 Å². The van der Waals surface area contributed by atoms with Crippen LogP contribution in [0, 0.1) is 0 Å². The van der Waals surface area contributed by atoms with Crippen molar-refractivity contribution in [3.05, 3.63) is 65.8 Å². The first-order chi connectivity index (χ1) is 10.8. The molecule has 1 heterocycles. The second-order valence-corrected chi connectivity index (χ2v) is 5.12. The number of aromatic nitrogens is 2. The van der Waals surface area contributed by atoms with E-state index in [0.29, 0.717) is 11.8 Å². The maximum absolute atomic E-state index is 6.21. The fraction of sp³-hybridized carbons (Fsp3) is 0.111. The van der Waals surface area contributed by atoms with E-state index in [0.717, 1.165) is 28.1 Å². The average molecular weight is 311 g/mol. The van der Waals surface area contributed by atoms with Gasteiger partial charge in [-0.2, -0.15) is 0 Å². The zero-order valence-corrected chi connectivity index (χ0v) is 12.9. The van der Waals surface area contributed by atoms with Crippen LogP contribution in [-0.4, -0.2) is 16.8 Å². The summed E-state index contributed by atoms with van der Waals surface area (Å²) in [4.78, 5) is 0. The lowest BCUT2D eigenvalue weighted by atomic mass is 10.0. The molecule has 0 aliphatic heterocycles. The van der Waals surface area contributed by atoms with Gasteiger partial charge in [0.1, 0.15) is 5.75 Å². The maximum atomic E-state index is 6.21. The topological polar surface area (TPSA) is 35.0 Å². The minimum Gasteiger partial charge on any atom is -0.494 e. The van der Waals surface area contributed by atoms with E-state index < -0.39 is 0 Å². The number of ether oxygens (including phenoxy) is 1. The van der Waals surface area contributed by atoms with Crippen molar-refractivity contribution >= 4 is 11.6 Å². The Labute approximate surface area is 134 Å². The van der Waals surface area contributed by atoms with Crippen molar-refractivity contribution in [2.45, 2.75) is 6.92 Å². The van der Waals surface area contributed by atoms with Crippen LogP contribution in [0.4, 0.5) is 0 Å². The Morgan fingerprint density at radius 2 is 1.64 bits per heavy atom. The zero-order chi connectivity index (χ0) is 15.4. The summed E-state index contributed by atoms with van der Waals surface area (Å²) >= 11 is 6.21. The van der Waals surface area contributed by atoms with Gasteiger partial charge >= 0.3 is 0 Å². The monoisotopic (exact) mass is 310 g/mol. The van der Waals surface area contributed by atoms with Crippen LogP contribution in [0.25, 0.3) is 22.4 Å². The molecule has 0 radical (unpaired) electrons. The van der Waals surface area contributed by atoms with Gasteiger partial charge in [-0.25, -0.2) is 0 Å². The molecule has 0 unspecified atom stereocenters. The van der Waals surface area contributed by atoms with Crippen molar-refractivity contribution < 1.29 is 4.74 Å². The lowest BCUT2D eigenvalue weighted by molar-refractivity contribution is 0.340. The van der Waals surface area contributed by atoms with E-state index >= 15 is 0 Å². The minimum absolute atomic E-state index is 0.392. The Morgan fingerprint density at radius 1 is 0.909 bits per heavy atom. The van der Waals surface area contributed by atoms with Crippen LogP contribution in [0.15, 0.2) is 60.7 Å². The van der Waals surface area contributed by atoms with Crippen LogP contribution < -0.4 is 4.74 Å². The van der Waals surface area contributed by atoms with E-state index in [1.165, 1.54) is 0 Å². The fourth-order valence-electron chi connectivity index (χ4n) is 2.23. The molecule has 22 heavy (non-hydrogen) atoms. The van der Waals surface area contributed by atoms with E-state index in [-0.39, 0.29) is 0 Å². The van der Waals surface area contributed by atoms with Crippen molar-refractivity contribution in [1.29, 1.82) is 0 Å². The quantitative estimate of drug-likeness (QED) is 0.690. The van der Waals surface area contributed by atoms with E-state index in [2.05, 4.69) is 10.2 Å². The fourth-order valence-corrected chi connectivity index (χ4v) is 2.43. The minimum atomic E-state index is 0.392. The van der Waals surface area contributed by atoms with Crippen LogP contribution >= 0.6 is 11.6 Å². The van der Waals surface area contributed by atoms with Gasteiger partial charge in [0.15, 0.2) is 5.15 Å². The number of halogens is 1.